The third-order valence-electron chi connectivity index (χ3n) is 3.29. The standard InChI is InChI=1S/C14H21NO/c1-12-5-2-6-13(11-12)15-9-3-7-14-8-4-10-16-14/h3-4,7-8,10,12-13,15H,2,5-6,9,11H2,1H3/b7-3+. The minimum atomic E-state index is 0.713. The van der Waals surface area contributed by atoms with Gasteiger partial charge < -0.3 is 9.73 Å². The summed E-state index contributed by atoms with van der Waals surface area (Å²) in [5.74, 6) is 1.82. The van der Waals surface area contributed by atoms with E-state index in [-0.39, 0.29) is 0 Å². The summed E-state index contributed by atoms with van der Waals surface area (Å²) in [6.45, 7) is 3.30. The van der Waals surface area contributed by atoms with Crippen LogP contribution < -0.4 is 5.32 Å². The van der Waals surface area contributed by atoms with E-state index in [0.29, 0.717) is 6.04 Å². The largest absolute Gasteiger partial charge is 0.465 e. The monoisotopic (exact) mass is 219 g/mol. The number of rotatable bonds is 4. The van der Waals surface area contributed by atoms with Crippen LogP contribution in [0.15, 0.2) is 28.9 Å². The highest BCUT2D eigenvalue weighted by atomic mass is 16.3. The van der Waals surface area contributed by atoms with Gasteiger partial charge in [-0.15, -0.1) is 0 Å². The lowest BCUT2D eigenvalue weighted by molar-refractivity contribution is 0.308. The highest BCUT2D eigenvalue weighted by Gasteiger charge is 2.17. The van der Waals surface area contributed by atoms with Gasteiger partial charge in [-0.2, -0.15) is 0 Å². The number of hydrogen-bond donors (Lipinski definition) is 1. The summed E-state index contributed by atoms with van der Waals surface area (Å²) in [5.41, 5.74) is 0. The van der Waals surface area contributed by atoms with Gasteiger partial charge in [-0.1, -0.05) is 25.8 Å². The van der Waals surface area contributed by atoms with Crippen LogP contribution >= 0.6 is 0 Å². The van der Waals surface area contributed by atoms with Gasteiger partial charge in [0.15, 0.2) is 0 Å². The first-order valence-electron chi connectivity index (χ1n) is 6.28. The van der Waals surface area contributed by atoms with Crippen LogP contribution in [-0.4, -0.2) is 12.6 Å². The topological polar surface area (TPSA) is 25.2 Å². The molecule has 1 aliphatic rings. The Morgan fingerprint density at radius 1 is 1.50 bits per heavy atom. The highest BCUT2D eigenvalue weighted by molar-refractivity contribution is 5.42. The first kappa shape index (κ1) is 11.5. The molecular weight excluding hydrogens is 198 g/mol. The Labute approximate surface area is 97.7 Å². The Morgan fingerprint density at radius 2 is 2.44 bits per heavy atom. The van der Waals surface area contributed by atoms with Gasteiger partial charge in [0.05, 0.1) is 6.26 Å². The highest BCUT2D eigenvalue weighted by Crippen LogP contribution is 2.23. The molecule has 1 aromatic rings. The lowest BCUT2D eigenvalue weighted by Crippen LogP contribution is -2.33. The summed E-state index contributed by atoms with van der Waals surface area (Å²) in [4.78, 5) is 0. The van der Waals surface area contributed by atoms with Crippen molar-refractivity contribution in [3.63, 3.8) is 0 Å². The van der Waals surface area contributed by atoms with Crippen LogP contribution in [0.4, 0.5) is 0 Å². The van der Waals surface area contributed by atoms with Gasteiger partial charge in [0.25, 0.3) is 0 Å². The molecule has 1 heterocycles. The van der Waals surface area contributed by atoms with Gasteiger partial charge >= 0.3 is 0 Å². The van der Waals surface area contributed by atoms with E-state index in [1.54, 1.807) is 6.26 Å². The normalized spacial score (nSPS) is 26.3. The molecule has 1 saturated carbocycles. The molecule has 2 nitrogen and oxygen atoms in total. The Hall–Kier alpha value is -1.02. The van der Waals surface area contributed by atoms with Crippen LogP contribution in [0.2, 0.25) is 0 Å². The molecule has 0 amide bonds. The molecule has 2 atom stereocenters. The quantitative estimate of drug-likeness (QED) is 0.839. The van der Waals surface area contributed by atoms with E-state index >= 15 is 0 Å². The van der Waals surface area contributed by atoms with E-state index < -0.39 is 0 Å². The van der Waals surface area contributed by atoms with Gasteiger partial charge in [-0.3, -0.25) is 0 Å². The summed E-state index contributed by atoms with van der Waals surface area (Å²) in [7, 11) is 0. The third-order valence-corrected chi connectivity index (χ3v) is 3.29. The fourth-order valence-corrected chi connectivity index (χ4v) is 2.42. The summed E-state index contributed by atoms with van der Waals surface area (Å²) in [6.07, 6.45) is 11.3. The Bertz CT molecular complexity index is 315. The molecule has 1 N–H and O–H groups in total. The lowest BCUT2D eigenvalue weighted by atomic mass is 9.87. The SMILES string of the molecule is CC1CCCC(NC/C=C/c2ccco2)C1. The Balaban J connectivity index is 1.67. The number of furan rings is 1. The van der Waals surface area contributed by atoms with Crippen molar-refractivity contribution in [3.8, 4) is 0 Å². The smallest absolute Gasteiger partial charge is 0.126 e. The molecule has 1 fully saturated rings. The van der Waals surface area contributed by atoms with E-state index in [0.717, 1.165) is 18.2 Å². The first-order valence-corrected chi connectivity index (χ1v) is 6.28. The molecule has 2 rings (SSSR count). The molecule has 1 aliphatic carbocycles. The summed E-state index contributed by atoms with van der Waals surface area (Å²) in [5, 5.41) is 3.59. The van der Waals surface area contributed by atoms with Crippen molar-refractivity contribution >= 4 is 6.08 Å². The zero-order valence-electron chi connectivity index (χ0n) is 9.99. The minimum Gasteiger partial charge on any atom is -0.465 e. The fourth-order valence-electron chi connectivity index (χ4n) is 2.42. The Kier molecular flexibility index (Phi) is 4.23. The maximum Gasteiger partial charge on any atom is 0.126 e. The molecular formula is C14H21NO. The maximum atomic E-state index is 5.23. The second-order valence-electron chi connectivity index (χ2n) is 4.79. The van der Waals surface area contributed by atoms with Crippen molar-refractivity contribution in [1.29, 1.82) is 0 Å². The van der Waals surface area contributed by atoms with Crippen molar-refractivity contribution in [3.05, 3.63) is 30.2 Å². The van der Waals surface area contributed by atoms with Crippen molar-refractivity contribution in [2.75, 3.05) is 6.54 Å². The van der Waals surface area contributed by atoms with E-state index in [1.165, 1.54) is 25.7 Å². The summed E-state index contributed by atoms with van der Waals surface area (Å²) in [6, 6.07) is 4.60. The molecule has 2 heteroatoms. The molecule has 0 aromatic carbocycles. The zero-order chi connectivity index (χ0) is 11.2. The summed E-state index contributed by atoms with van der Waals surface area (Å²) >= 11 is 0. The van der Waals surface area contributed by atoms with Crippen LogP contribution in [0.5, 0.6) is 0 Å². The van der Waals surface area contributed by atoms with E-state index in [4.69, 9.17) is 4.42 Å². The van der Waals surface area contributed by atoms with Crippen LogP contribution in [0.25, 0.3) is 6.08 Å². The van der Waals surface area contributed by atoms with Crippen LogP contribution in [0, 0.1) is 5.92 Å². The number of nitrogens with one attached hydrogen (secondary N) is 1. The van der Waals surface area contributed by atoms with Gasteiger partial charge in [0, 0.05) is 12.6 Å². The van der Waals surface area contributed by atoms with E-state index in [9.17, 15) is 0 Å². The Morgan fingerprint density at radius 3 is 3.19 bits per heavy atom. The summed E-state index contributed by atoms with van der Waals surface area (Å²) < 4.78 is 5.23. The molecule has 88 valence electrons. The van der Waals surface area contributed by atoms with Crippen molar-refractivity contribution in [2.45, 2.75) is 38.6 Å². The molecule has 0 aliphatic heterocycles. The molecule has 0 saturated heterocycles. The molecule has 0 spiro atoms. The van der Waals surface area contributed by atoms with E-state index in [2.05, 4.69) is 18.3 Å². The molecule has 16 heavy (non-hydrogen) atoms. The molecule has 2 unspecified atom stereocenters. The molecule has 0 bridgehead atoms. The van der Waals surface area contributed by atoms with Gasteiger partial charge in [0.2, 0.25) is 0 Å². The molecule has 1 aromatic heterocycles. The van der Waals surface area contributed by atoms with Gasteiger partial charge in [-0.25, -0.2) is 0 Å². The van der Waals surface area contributed by atoms with Crippen LogP contribution in [0.3, 0.4) is 0 Å². The average molecular weight is 219 g/mol. The average Bonchev–Trinajstić information content (AvgIpc) is 2.77. The zero-order valence-corrected chi connectivity index (χ0v) is 9.99. The predicted molar refractivity (Wildman–Crippen MR) is 67.2 cm³/mol. The third kappa shape index (κ3) is 3.53. The van der Waals surface area contributed by atoms with Crippen molar-refractivity contribution < 1.29 is 4.42 Å². The fraction of sp³-hybridized carbons (Fsp3) is 0.571. The van der Waals surface area contributed by atoms with Gasteiger partial charge in [0.1, 0.15) is 5.76 Å². The number of hydrogen-bond acceptors (Lipinski definition) is 2. The predicted octanol–water partition coefficient (Wildman–Crippen LogP) is 3.46. The van der Waals surface area contributed by atoms with Crippen molar-refractivity contribution in [2.24, 2.45) is 5.92 Å². The second kappa shape index (κ2) is 5.90. The lowest BCUT2D eigenvalue weighted by Gasteiger charge is -2.27. The van der Waals surface area contributed by atoms with Crippen molar-refractivity contribution in [1.82, 2.24) is 5.32 Å². The van der Waals surface area contributed by atoms with Crippen LogP contribution in [-0.2, 0) is 0 Å². The van der Waals surface area contributed by atoms with Gasteiger partial charge in [-0.05, 0) is 37.0 Å². The first-order chi connectivity index (χ1) is 7.84. The van der Waals surface area contributed by atoms with E-state index in [1.807, 2.05) is 18.2 Å². The maximum absolute atomic E-state index is 5.23. The molecule has 0 radical (unpaired) electrons. The minimum absolute atomic E-state index is 0.713. The second-order valence-corrected chi connectivity index (χ2v) is 4.79. The van der Waals surface area contributed by atoms with Crippen LogP contribution in [0.1, 0.15) is 38.4 Å².